The van der Waals surface area contributed by atoms with Gasteiger partial charge in [0.15, 0.2) is 17.2 Å². The van der Waals surface area contributed by atoms with Crippen LogP contribution >= 0.6 is 23.2 Å². The summed E-state index contributed by atoms with van der Waals surface area (Å²) in [5, 5.41) is 18.4. The summed E-state index contributed by atoms with van der Waals surface area (Å²) < 4.78 is 18.5. The maximum absolute atomic E-state index is 12.6. The summed E-state index contributed by atoms with van der Waals surface area (Å²) in [6, 6.07) is 12.9. The standard InChI is InChI=1S/C38H40Cl2N8O6/c1-22(49)47-14-11-25(12-15-47)54-37(50)42-17-23-8-9-29(43-36(23)53-4)28-7-5-6-26(32(28)39)27-10-13-41-34(33(27)40)24-16-30(52-3)35-44-31(45-48(35)18-24)19-46-20-38(2,51)21-46/h5-10,13,16,18,25,51H,11-12,14-15,17,19-21H2,1-4H3,(H,42,50). The SMILES string of the molecule is COc1nc(-c2cccc(-c3ccnc(-c4cc(OC)c5nc(CN6CC(C)(O)C6)nn5c4)c3Cl)c2Cl)ccc1CNC(=O)OC1CCN(C(C)=O)CC1. The predicted octanol–water partition coefficient (Wildman–Crippen LogP) is 5.65. The smallest absolute Gasteiger partial charge is 0.407 e. The van der Waals surface area contributed by atoms with Crippen LogP contribution in [0.25, 0.3) is 39.3 Å². The first-order valence-electron chi connectivity index (χ1n) is 17.5. The number of ether oxygens (including phenoxy) is 3. The first kappa shape index (κ1) is 37.3. The quantitative estimate of drug-likeness (QED) is 0.181. The second-order valence-electron chi connectivity index (χ2n) is 13.8. The molecule has 2 aliphatic rings. The van der Waals surface area contributed by atoms with E-state index in [9.17, 15) is 14.7 Å². The number of hydrogen-bond donors (Lipinski definition) is 2. The highest BCUT2D eigenvalue weighted by Crippen LogP contribution is 2.42. The molecule has 2 saturated heterocycles. The number of halogens is 2. The maximum Gasteiger partial charge on any atom is 0.407 e. The summed E-state index contributed by atoms with van der Waals surface area (Å²) in [5.41, 5.74) is 4.23. The first-order chi connectivity index (χ1) is 25.9. The molecule has 16 heteroatoms. The van der Waals surface area contributed by atoms with Gasteiger partial charge in [0.05, 0.1) is 54.3 Å². The highest BCUT2D eigenvalue weighted by Gasteiger charge is 2.37. The third kappa shape index (κ3) is 7.78. The van der Waals surface area contributed by atoms with Crippen LogP contribution in [0.15, 0.2) is 54.9 Å². The van der Waals surface area contributed by atoms with Crippen LogP contribution < -0.4 is 14.8 Å². The van der Waals surface area contributed by atoms with E-state index in [1.807, 2.05) is 49.5 Å². The van der Waals surface area contributed by atoms with Crippen LogP contribution in [0.4, 0.5) is 4.79 Å². The van der Waals surface area contributed by atoms with E-state index >= 15 is 0 Å². The molecule has 282 valence electrons. The number of rotatable bonds is 10. The Morgan fingerprint density at radius 2 is 1.74 bits per heavy atom. The van der Waals surface area contributed by atoms with Gasteiger partial charge in [0.1, 0.15) is 6.10 Å². The monoisotopic (exact) mass is 774 g/mol. The highest BCUT2D eigenvalue weighted by atomic mass is 35.5. The number of pyridine rings is 3. The summed E-state index contributed by atoms with van der Waals surface area (Å²) in [6.07, 6.45) is 3.87. The van der Waals surface area contributed by atoms with Gasteiger partial charge in [-0.25, -0.2) is 19.3 Å². The maximum atomic E-state index is 12.6. The molecular weight excluding hydrogens is 735 g/mol. The molecule has 0 saturated carbocycles. The lowest BCUT2D eigenvalue weighted by molar-refractivity contribution is -0.130. The van der Waals surface area contributed by atoms with Gasteiger partial charge in [0.25, 0.3) is 0 Å². The van der Waals surface area contributed by atoms with Gasteiger partial charge in [-0.2, -0.15) is 0 Å². The number of likely N-dealkylation sites (tertiary alicyclic amines) is 2. The fraction of sp³-hybridized carbons (Fsp3) is 0.368. The zero-order valence-corrected chi connectivity index (χ0v) is 31.8. The third-order valence-corrected chi connectivity index (χ3v) is 10.4. The minimum atomic E-state index is -0.692. The number of nitrogens with one attached hydrogen (secondary N) is 1. The first-order valence-corrected chi connectivity index (χ1v) is 18.2. The summed E-state index contributed by atoms with van der Waals surface area (Å²) in [6.45, 7) is 6.22. The van der Waals surface area contributed by atoms with Gasteiger partial charge in [-0.1, -0.05) is 41.4 Å². The molecule has 0 spiro atoms. The molecule has 0 radical (unpaired) electrons. The van der Waals surface area contributed by atoms with Gasteiger partial charge >= 0.3 is 6.09 Å². The van der Waals surface area contributed by atoms with E-state index in [4.69, 9.17) is 42.4 Å². The molecular formula is C38H40Cl2N8O6. The van der Waals surface area contributed by atoms with E-state index in [1.165, 1.54) is 14.0 Å². The van der Waals surface area contributed by atoms with Gasteiger partial charge in [0, 0.05) is 86.2 Å². The fourth-order valence-corrected chi connectivity index (χ4v) is 7.59. The van der Waals surface area contributed by atoms with E-state index in [-0.39, 0.29) is 18.6 Å². The molecule has 14 nitrogen and oxygen atoms in total. The van der Waals surface area contributed by atoms with Crippen LogP contribution in [0.1, 0.15) is 38.1 Å². The molecule has 54 heavy (non-hydrogen) atoms. The number of carbonyl (C=O) groups is 2. The average molecular weight is 776 g/mol. The van der Waals surface area contributed by atoms with Crippen LogP contribution in [0, 0.1) is 0 Å². The Balaban J connectivity index is 1.09. The van der Waals surface area contributed by atoms with Crippen LogP contribution in [0.2, 0.25) is 10.0 Å². The van der Waals surface area contributed by atoms with E-state index in [0.717, 1.165) is 0 Å². The molecule has 2 amide bonds. The Labute approximate surface area is 322 Å². The molecule has 0 aliphatic carbocycles. The molecule has 7 rings (SSSR count). The number of methoxy groups -OCH3 is 2. The Hall–Kier alpha value is -5.02. The molecule has 0 unspecified atom stereocenters. The Bertz CT molecular complexity index is 2210. The summed E-state index contributed by atoms with van der Waals surface area (Å²) >= 11 is 14.2. The molecule has 2 fully saturated rings. The molecule has 2 N–H and O–H groups in total. The van der Waals surface area contributed by atoms with Crippen molar-refractivity contribution in [2.45, 2.75) is 51.5 Å². The zero-order valence-electron chi connectivity index (χ0n) is 30.3. The number of carbonyl (C=O) groups excluding carboxylic acids is 2. The number of amides is 2. The number of benzene rings is 1. The van der Waals surface area contributed by atoms with Crippen molar-refractivity contribution < 1.29 is 28.9 Å². The topological polar surface area (TPSA) is 157 Å². The number of β-amino-alcohol motifs (C(OH)–C–C–N with tert-alkyl or cyclic N) is 1. The van der Waals surface area contributed by atoms with Crippen LogP contribution in [-0.4, -0.2) is 104 Å². The molecule has 6 heterocycles. The van der Waals surface area contributed by atoms with Crippen molar-refractivity contribution in [2.75, 3.05) is 40.4 Å². The molecule has 0 atom stereocenters. The number of fused-ring (bicyclic) bond motifs is 1. The van der Waals surface area contributed by atoms with Gasteiger partial charge < -0.3 is 29.5 Å². The van der Waals surface area contributed by atoms with Gasteiger partial charge in [-0.3, -0.25) is 14.7 Å². The van der Waals surface area contributed by atoms with Gasteiger partial charge in [0.2, 0.25) is 11.8 Å². The zero-order chi connectivity index (χ0) is 38.1. The van der Waals surface area contributed by atoms with Crippen molar-refractivity contribution in [3.8, 4) is 45.3 Å². The lowest BCUT2D eigenvalue weighted by atomic mass is 9.97. The van der Waals surface area contributed by atoms with Crippen molar-refractivity contribution in [3.05, 3.63) is 76.3 Å². The van der Waals surface area contributed by atoms with E-state index in [1.54, 1.807) is 28.8 Å². The van der Waals surface area contributed by atoms with E-state index in [0.29, 0.717) is 118 Å². The van der Waals surface area contributed by atoms with Crippen molar-refractivity contribution in [1.82, 2.24) is 39.7 Å². The van der Waals surface area contributed by atoms with Crippen LogP contribution in [0.3, 0.4) is 0 Å². The summed E-state index contributed by atoms with van der Waals surface area (Å²) in [7, 11) is 3.08. The van der Waals surface area contributed by atoms with Crippen LogP contribution in [-0.2, 0) is 22.6 Å². The molecule has 1 aromatic carbocycles. The minimum Gasteiger partial charge on any atom is -0.493 e. The minimum absolute atomic E-state index is 0.0222. The van der Waals surface area contributed by atoms with Crippen molar-refractivity contribution in [1.29, 1.82) is 0 Å². The van der Waals surface area contributed by atoms with E-state index < -0.39 is 11.7 Å². The number of nitrogens with zero attached hydrogens (tertiary/aromatic N) is 7. The largest absolute Gasteiger partial charge is 0.493 e. The van der Waals surface area contributed by atoms with Gasteiger partial charge in [-0.15, -0.1) is 5.10 Å². The van der Waals surface area contributed by atoms with Crippen LogP contribution in [0.5, 0.6) is 11.6 Å². The highest BCUT2D eigenvalue weighted by molar-refractivity contribution is 6.39. The lowest BCUT2D eigenvalue weighted by Crippen LogP contribution is -2.59. The van der Waals surface area contributed by atoms with E-state index in [2.05, 4.69) is 25.3 Å². The van der Waals surface area contributed by atoms with Crippen molar-refractivity contribution >= 4 is 40.8 Å². The summed E-state index contributed by atoms with van der Waals surface area (Å²) in [4.78, 5) is 42.0. The third-order valence-electron chi connectivity index (χ3n) is 9.60. The second kappa shape index (κ2) is 15.4. The molecule has 0 bridgehead atoms. The van der Waals surface area contributed by atoms with Gasteiger partial charge in [-0.05, 0) is 31.2 Å². The number of alkyl carbamates (subject to hydrolysis) is 1. The lowest BCUT2D eigenvalue weighted by Gasteiger charge is -2.43. The Kier molecular flexibility index (Phi) is 10.6. The fourth-order valence-electron chi connectivity index (χ4n) is 6.95. The number of hydrogen-bond acceptors (Lipinski definition) is 11. The average Bonchev–Trinajstić information content (AvgIpc) is 3.56. The number of aromatic nitrogens is 5. The summed E-state index contributed by atoms with van der Waals surface area (Å²) in [5.74, 6) is 1.46. The molecule has 5 aromatic rings. The molecule has 4 aromatic heterocycles. The number of aliphatic hydroxyl groups is 1. The Morgan fingerprint density at radius 1 is 1.00 bits per heavy atom. The normalized spacial score (nSPS) is 15.9. The predicted molar refractivity (Wildman–Crippen MR) is 203 cm³/mol. The number of piperidine rings is 1. The van der Waals surface area contributed by atoms with Crippen molar-refractivity contribution in [3.63, 3.8) is 0 Å². The molecule has 2 aliphatic heterocycles. The van der Waals surface area contributed by atoms with Crippen molar-refractivity contribution in [2.24, 2.45) is 0 Å². The Morgan fingerprint density at radius 3 is 2.44 bits per heavy atom. The second-order valence-corrected chi connectivity index (χ2v) is 14.5.